The van der Waals surface area contributed by atoms with Gasteiger partial charge in [-0.3, -0.25) is 19.3 Å². The molecule has 0 saturated heterocycles. The van der Waals surface area contributed by atoms with E-state index >= 15 is 0 Å². The fourth-order valence-corrected chi connectivity index (χ4v) is 6.83. The summed E-state index contributed by atoms with van der Waals surface area (Å²) >= 11 is 0. The maximum Gasteiger partial charge on any atom is 0.263 e. The standard InChI is InChI=1S/C30H35N5O5/c1-5-29(6-2)15-24(36)35(28(31)33-29)21-13-23(27(38)34(3)4)40-22-12-20-18(11-19(21)22)26(37)32-25-17-10-8-7-9-16(17)14-30(20,25)39/h7-12,21,23,25,39H,5-6,13-15H2,1-4H3,(H2,31,33)(H,32,37)/t21?,23?,25-,30+/m1/s1. The highest BCUT2D eigenvalue weighted by molar-refractivity contribution is 6.01. The molecule has 2 aromatic carbocycles. The Hall–Kier alpha value is -3.92. The van der Waals surface area contributed by atoms with Gasteiger partial charge in [0.1, 0.15) is 11.4 Å². The van der Waals surface area contributed by atoms with Gasteiger partial charge in [0.05, 0.1) is 24.0 Å². The van der Waals surface area contributed by atoms with E-state index < -0.39 is 29.3 Å². The van der Waals surface area contributed by atoms with Crippen LogP contribution >= 0.6 is 0 Å². The number of aliphatic hydroxyl groups is 1. The molecule has 4 atom stereocenters. The first kappa shape index (κ1) is 26.3. The van der Waals surface area contributed by atoms with Crippen molar-refractivity contribution in [2.45, 2.75) is 75.3 Å². The van der Waals surface area contributed by atoms with Crippen LogP contribution in [0.3, 0.4) is 0 Å². The van der Waals surface area contributed by atoms with Gasteiger partial charge in [0.25, 0.3) is 11.8 Å². The molecule has 10 heteroatoms. The zero-order valence-corrected chi connectivity index (χ0v) is 23.2. The van der Waals surface area contributed by atoms with Gasteiger partial charge >= 0.3 is 0 Å². The van der Waals surface area contributed by atoms with E-state index in [0.717, 1.165) is 11.1 Å². The van der Waals surface area contributed by atoms with Gasteiger partial charge in [-0.25, -0.2) is 4.99 Å². The summed E-state index contributed by atoms with van der Waals surface area (Å²) in [6, 6.07) is 9.73. The van der Waals surface area contributed by atoms with Gasteiger partial charge in [-0.1, -0.05) is 38.1 Å². The number of nitrogens with one attached hydrogen (secondary N) is 1. The lowest BCUT2D eigenvalue weighted by Crippen LogP contribution is -2.55. The Bertz CT molecular complexity index is 1460. The van der Waals surface area contributed by atoms with Crippen molar-refractivity contribution in [3.63, 3.8) is 0 Å². The molecule has 40 heavy (non-hydrogen) atoms. The maximum atomic E-state index is 13.6. The molecule has 210 valence electrons. The Labute approximate surface area is 233 Å². The van der Waals surface area contributed by atoms with Crippen LogP contribution in [-0.4, -0.2) is 64.3 Å². The number of fused-ring (bicyclic) bond motifs is 6. The predicted octanol–water partition coefficient (Wildman–Crippen LogP) is 2.30. The Morgan fingerprint density at radius 3 is 2.58 bits per heavy atom. The predicted molar refractivity (Wildman–Crippen MR) is 148 cm³/mol. The van der Waals surface area contributed by atoms with Gasteiger partial charge in [-0.05, 0) is 36.1 Å². The highest BCUT2D eigenvalue weighted by atomic mass is 16.5. The summed E-state index contributed by atoms with van der Waals surface area (Å²) in [5.41, 5.74) is 7.67. The third-order valence-electron chi connectivity index (χ3n) is 9.20. The number of nitrogens with two attached hydrogens (primary N) is 1. The maximum absolute atomic E-state index is 13.6. The number of amides is 3. The zero-order chi connectivity index (χ0) is 28.6. The number of carbonyl (C=O) groups excluding carboxylic acids is 3. The third kappa shape index (κ3) is 3.72. The van der Waals surface area contributed by atoms with E-state index in [1.54, 1.807) is 26.2 Å². The van der Waals surface area contributed by atoms with E-state index in [-0.39, 0.29) is 36.5 Å². The lowest BCUT2D eigenvalue weighted by molar-refractivity contribution is -0.140. The first-order valence-corrected chi connectivity index (χ1v) is 13.9. The summed E-state index contributed by atoms with van der Waals surface area (Å²) in [4.78, 5) is 47.9. The first-order chi connectivity index (χ1) is 19.0. The van der Waals surface area contributed by atoms with Crippen molar-refractivity contribution in [3.05, 3.63) is 64.2 Å². The molecule has 0 bridgehead atoms. The number of guanidine groups is 1. The van der Waals surface area contributed by atoms with Crippen LogP contribution in [0, 0.1) is 0 Å². The van der Waals surface area contributed by atoms with Gasteiger partial charge in [0.15, 0.2) is 12.1 Å². The highest BCUT2D eigenvalue weighted by Crippen LogP contribution is 2.52. The number of ether oxygens (including phenoxy) is 1. The van der Waals surface area contributed by atoms with Gasteiger partial charge in [0.2, 0.25) is 5.91 Å². The van der Waals surface area contributed by atoms with Crippen LogP contribution in [0.4, 0.5) is 0 Å². The van der Waals surface area contributed by atoms with Gasteiger partial charge < -0.3 is 25.8 Å². The largest absolute Gasteiger partial charge is 0.480 e. The van der Waals surface area contributed by atoms with Gasteiger partial charge in [-0.2, -0.15) is 0 Å². The minimum atomic E-state index is -1.39. The van der Waals surface area contributed by atoms with Crippen LogP contribution in [0.5, 0.6) is 5.75 Å². The topological polar surface area (TPSA) is 138 Å². The molecular formula is C30H35N5O5. The number of aliphatic imine (C=N–C) groups is 1. The summed E-state index contributed by atoms with van der Waals surface area (Å²) in [7, 11) is 3.30. The highest BCUT2D eigenvalue weighted by Gasteiger charge is 2.53. The van der Waals surface area contributed by atoms with Crippen molar-refractivity contribution in [2.24, 2.45) is 10.7 Å². The Balaban J connectivity index is 1.49. The SMILES string of the molecule is CCC1(CC)CC(=O)N(C2CC(C(=O)N(C)C)Oc3cc4c(cc32)C(=O)N[C@@H]2c3ccccc3C[C@]42O)C(N)=N1. The van der Waals surface area contributed by atoms with Crippen LogP contribution in [0.15, 0.2) is 41.4 Å². The van der Waals surface area contributed by atoms with Crippen LogP contribution < -0.4 is 15.8 Å². The molecule has 3 amide bonds. The van der Waals surface area contributed by atoms with E-state index in [9.17, 15) is 19.5 Å². The molecule has 6 rings (SSSR count). The average Bonchev–Trinajstić information content (AvgIpc) is 3.23. The average molecular weight is 546 g/mol. The number of carbonyl (C=O) groups is 3. The third-order valence-corrected chi connectivity index (χ3v) is 9.20. The minimum absolute atomic E-state index is 0.0981. The normalized spacial score (nSPS) is 27.9. The van der Waals surface area contributed by atoms with E-state index in [4.69, 9.17) is 15.5 Å². The molecular weight excluding hydrogens is 510 g/mol. The second-order valence-electron chi connectivity index (χ2n) is 11.6. The number of rotatable bonds is 4. The van der Waals surface area contributed by atoms with Crippen LogP contribution in [0.1, 0.15) is 84.2 Å². The molecule has 3 aliphatic heterocycles. The summed E-state index contributed by atoms with van der Waals surface area (Å²) in [6.45, 7) is 3.98. The van der Waals surface area contributed by atoms with Crippen molar-refractivity contribution in [1.82, 2.24) is 15.1 Å². The molecule has 4 N–H and O–H groups in total. The Morgan fingerprint density at radius 2 is 1.90 bits per heavy atom. The molecule has 0 radical (unpaired) electrons. The van der Waals surface area contributed by atoms with Gasteiger partial charge in [0, 0.05) is 43.6 Å². The van der Waals surface area contributed by atoms with E-state index in [1.807, 2.05) is 38.1 Å². The van der Waals surface area contributed by atoms with E-state index in [2.05, 4.69) is 5.32 Å². The van der Waals surface area contributed by atoms with Crippen LogP contribution in [-0.2, 0) is 21.6 Å². The van der Waals surface area contributed by atoms with Gasteiger partial charge in [-0.15, -0.1) is 0 Å². The molecule has 0 spiro atoms. The molecule has 3 heterocycles. The Morgan fingerprint density at radius 1 is 1.18 bits per heavy atom. The Kier molecular flexibility index (Phi) is 5.96. The van der Waals surface area contributed by atoms with E-state index in [0.29, 0.717) is 41.7 Å². The lowest BCUT2D eigenvalue weighted by Gasteiger charge is -2.44. The summed E-state index contributed by atoms with van der Waals surface area (Å²) in [5.74, 6) is -0.320. The van der Waals surface area contributed by atoms with Crippen molar-refractivity contribution in [2.75, 3.05) is 14.1 Å². The molecule has 2 unspecified atom stereocenters. The van der Waals surface area contributed by atoms with Crippen molar-refractivity contribution in [1.29, 1.82) is 0 Å². The second kappa shape index (κ2) is 9.05. The molecule has 0 fully saturated rings. The monoisotopic (exact) mass is 545 g/mol. The smallest absolute Gasteiger partial charge is 0.263 e. The van der Waals surface area contributed by atoms with Crippen molar-refractivity contribution < 1.29 is 24.2 Å². The number of nitrogens with zero attached hydrogens (tertiary/aromatic N) is 3. The lowest BCUT2D eigenvalue weighted by atomic mass is 9.78. The quantitative estimate of drug-likeness (QED) is 0.539. The van der Waals surface area contributed by atoms with Crippen LogP contribution in [0.2, 0.25) is 0 Å². The minimum Gasteiger partial charge on any atom is -0.480 e. The second-order valence-corrected chi connectivity index (χ2v) is 11.6. The molecule has 2 aromatic rings. The van der Waals surface area contributed by atoms with Crippen molar-refractivity contribution in [3.8, 4) is 5.75 Å². The van der Waals surface area contributed by atoms with E-state index in [1.165, 1.54) is 9.80 Å². The number of likely N-dealkylation sites (N-methyl/N-ethyl adjacent to an activating group) is 1. The zero-order valence-electron chi connectivity index (χ0n) is 23.2. The summed E-state index contributed by atoms with van der Waals surface area (Å²) in [6.07, 6.45) is 1.13. The molecule has 0 saturated carbocycles. The molecule has 1 aliphatic carbocycles. The summed E-state index contributed by atoms with van der Waals surface area (Å²) in [5, 5.41) is 15.0. The number of benzene rings is 2. The summed E-state index contributed by atoms with van der Waals surface area (Å²) < 4.78 is 6.25. The van der Waals surface area contributed by atoms with Crippen molar-refractivity contribution >= 4 is 23.7 Å². The first-order valence-electron chi connectivity index (χ1n) is 13.9. The molecule has 10 nitrogen and oxygen atoms in total. The molecule has 0 aromatic heterocycles. The number of hydrogen-bond acceptors (Lipinski definition) is 7. The fraction of sp³-hybridized carbons (Fsp3) is 0.467. The number of hydrogen-bond donors (Lipinski definition) is 3. The fourth-order valence-electron chi connectivity index (χ4n) is 6.83. The van der Waals surface area contributed by atoms with Crippen LogP contribution in [0.25, 0.3) is 0 Å². The molecule has 4 aliphatic rings.